The number of aromatic carboxylic acids is 1. The highest BCUT2D eigenvalue weighted by atomic mass is 16.5. The number of nitrogens with zero attached hydrogens (tertiary/aromatic N) is 1. The Morgan fingerprint density at radius 2 is 2.05 bits per heavy atom. The maximum atomic E-state index is 12.5. The maximum absolute atomic E-state index is 12.5. The summed E-state index contributed by atoms with van der Waals surface area (Å²) < 4.78 is 5.47. The number of carboxylic acid groups (broad SMARTS) is 1. The van der Waals surface area contributed by atoms with E-state index in [2.05, 4.69) is 0 Å². The molecule has 1 amide bonds. The molecule has 1 aromatic carbocycles. The van der Waals surface area contributed by atoms with Crippen LogP contribution in [0.15, 0.2) is 18.2 Å². The lowest BCUT2D eigenvalue weighted by molar-refractivity contribution is -0.122. The first-order valence-corrected chi connectivity index (χ1v) is 6.90. The number of rotatable bonds is 4. The summed E-state index contributed by atoms with van der Waals surface area (Å²) in [4.78, 5) is 25.4. The van der Waals surface area contributed by atoms with Gasteiger partial charge in [-0.05, 0) is 25.0 Å². The summed E-state index contributed by atoms with van der Waals surface area (Å²) in [6, 6.07) is 4.87. The molecule has 0 unspecified atom stereocenters. The number of para-hydroxylation sites is 1. The zero-order valence-electron chi connectivity index (χ0n) is 11.8. The number of benzene rings is 1. The van der Waals surface area contributed by atoms with Crippen molar-refractivity contribution in [2.24, 2.45) is 5.92 Å². The van der Waals surface area contributed by atoms with Crippen molar-refractivity contribution >= 4 is 17.6 Å². The fourth-order valence-electron chi connectivity index (χ4n) is 2.50. The number of anilines is 1. The Hall–Kier alpha value is -2.04. The number of fused-ring (bicyclic) bond motifs is 1. The molecule has 20 heavy (non-hydrogen) atoms. The standard InChI is InChI=1S/C15H19NO4/c1-3-10(4-2)14(17)16-8-9-20-13-11(15(18)19)6-5-7-12(13)16/h5-7,10H,3-4,8-9H2,1-2H3,(H,18,19). The van der Waals surface area contributed by atoms with Crippen molar-refractivity contribution in [3.63, 3.8) is 0 Å². The van der Waals surface area contributed by atoms with E-state index in [0.29, 0.717) is 24.6 Å². The third-order valence-electron chi connectivity index (χ3n) is 3.68. The zero-order chi connectivity index (χ0) is 14.7. The van der Waals surface area contributed by atoms with E-state index in [1.165, 1.54) is 6.07 Å². The molecular formula is C15H19NO4. The van der Waals surface area contributed by atoms with Crippen LogP contribution in [-0.4, -0.2) is 30.1 Å². The molecule has 5 heteroatoms. The van der Waals surface area contributed by atoms with Crippen molar-refractivity contribution in [3.8, 4) is 5.75 Å². The van der Waals surface area contributed by atoms with E-state index < -0.39 is 5.97 Å². The van der Waals surface area contributed by atoms with Gasteiger partial charge in [-0.25, -0.2) is 4.79 Å². The molecule has 0 saturated heterocycles. The lowest BCUT2D eigenvalue weighted by atomic mass is 10.0. The van der Waals surface area contributed by atoms with Crippen LogP contribution >= 0.6 is 0 Å². The van der Waals surface area contributed by atoms with E-state index in [1.807, 2.05) is 13.8 Å². The molecule has 0 bridgehead atoms. The number of carboxylic acids is 1. The van der Waals surface area contributed by atoms with Gasteiger partial charge in [0.15, 0.2) is 5.75 Å². The van der Waals surface area contributed by atoms with Gasteiger partial charge < -0.3 is 14.7 Å². The first-order chi connectivity index (χ1) is 9.60. The molecule has 0 atom stereocenters. The van der Waals surface area contributed by atoms with Crippen molar-refractivity contribution in [1.29, 1.82) is 0 Å². The number of carbonyl (C=O) groups is 2. The normalized spacial score (nSPS) is 13.8. The second-order valence-electron chi connectivity index (χ2n) is 4.81. The minimum absolute atomic E-state index is 0.0329. The number of hydrogen-bond donors (Lipinski definition) is 1. The highest BCUT2D eigenvalue weighted by Gasteiger charge is 2.30. The average molecular weight is 277 g/mol. The van der Waals surface area contributed by atoms with Crippen molar-refractivity contribution in [3.05, 3.63) is 23.8 Å². The molecule has 0 radical (unpaired) electrons. The van der Waals surface area contributed by atoms with Gasteiger partial charge in [0.2, 0.25) is 5.91 Å². The zero-order valence-corrected chi connectivity index (χ0v) is 11.8. The number of ether oxygens (including phenoxy) is 1. The van der Waals surface area contributed by atoms with Gasteiger partial charge in [-0.2, -0.15) is 0 Å². The molecule has 5 nitrogen and oxygen atoms in total. The second kappa shape index (κ2) is 5.94. The van der Waals surface area contributed by atoms with Crippen LogP contribution in [0.25, 0.3) is 0 Å². The minimum Gasteiger partial charge on any atom is -0.489 e. The monoisotopic (exact) mass is 277 g/mol. The molecule has 0 saturated carbocycles. The first-order valence-electron chi connectivity index (χ1n) is 6.90. The third kappa shape index (κ3) is 2.48. The quantitative estimate of drug-likeness (QED) is 0.918. The van der Waals surface area contributed by atoms with Crippen LogP contribution in [0.3, 0.4) is 0 Å². The number of carbonyl (C=O) groups excluding carboxylic acids is 1. The Bertz CT molecular complexity index is 523. The van der Waals surface area contributed by atoms with Crippen LogP contribution in [-0.2, 0) is 4.79 Å². The summed E-state index contributed by atoms with van der Waals surface area (Å²) in [6.07, 6.45) is 1.56. The van der Waals surface area contributed by atoms with Gasteiger partial charge in [0.1, 0.15) is 12.2 Å². The predicted octanol–water partition coefficient (Wildman–Crippen LogP) is 2.55. The molecular weight excluding hydrogens is 258 g/mol. The molecule has 1 aliphatic rings. The van der Waals surface area contributed by atoms with Crippen LogP contribution < -0.4 is 9.64 Å². The van der Waals surface area contributed by atoms with Crippen LogP contribution in [0.4, 0.5) is 5.69 Å². The minimum atomic E-state index is -1.04. The Morgan fingerprint density at radius 3 is 2.65 bits per heavy atom. The van der Waals surface area contributed by atoms with E-state index in [0.717, 1.165) is 12.8 Å². The van der Waals surface area contributed by atoms with Crippen LogP contribution in [0.2, 0.25) is 0 Å². The fraction of sp³-hybridized carbons (Fsp3) is 0.467. The van der Waals surface area contributed by atoms with E-state index in [4.69, 9.17) is 4.74 Å². The fourth-order valence-corrected chi connectivity index (χ4v) is 2.50. The average Bonchev–Trinajstić information content (AvgIpc) is 2.46. The van der Waals surface area contributed by atoms with E-state index >= 15 is 0 Å². The van der Waals surface area contributed by atoms with Crippen molar-refractivity contribution in [1.82, 2.24) is 0 Å². The van der Waals surface area contributed by atoms with Gasteiger partial charge >= 0.3 is 5.97 Å². The topological polar surface area (TPSA) is 66.8 Å². The van der Waals surface area contributed by atoms with Gasteiger partial charge in [-0.1, -0.05) is 19.9 Å². The predicted molar refractivity (Wildman–Crippen MR) is 75.3 cm³/mol. The summed E-state index contributed by atoms with van der Waals surface area (Å²) in [5.41, 5.74) is 0.664. The van der Waals surface area contributed by atoms with Crippen molar-refractivity contribution in [2.75, 3.05) is 18.1 Å². The second-order valence-corrected chi connectivity index (χ2v) is 4.81. The Balaban J connectivity index is 2.40. The van der Waals surface area contributed by atoms with E-state index in [-0.39, 0.29) is 17.4 Å². The largest absolute Gasteiger partial charge is 0.489 e. The highest BCUT2D eigenvalue weighted by molar-refractivity contribution is 6.00. The van der Waals surface area contributed by atoms with Gasteiger partial charge in [0.25, 0.3) is 0 Å². The molecule has 0 spiro atoms. The summed E-state index contributed by atoms with van der Waals surface area (Å²) in [7, 11) is 0. The van der Waals surface area contributed by atoms with Crippen LogP contribution in [0.5, 0.6) is 5.75 Å². The van der Waals surface area contributed by atoms with Gasteiger partial charge in [-0.15, -0.1) is 0 Å². The maximum Gasteiger partial charge on any atom is 0.339 e. The molecule has 0 aromatic heterocycles. The Kier molecular flexibility index (Phi) is 4.27. The SMILES string of the molecule is CCC(CC)C(=O)N1CCOc2c(C(=O)O)cccc21. The molecule has 0 fully saturated rings. The van der Waals surface area contributed by atoms with Crippen LogP contribution in [0, 0.1) is 5.92 Å². The first kappa shape index (κ1) is 14.4. The summed E-state index contributed by atoms with van der Waals surface area (Å²) >= 11 is 0. The lowest BCUT2D eigenvalue weighted by Gasteiger charge is -2.32. The van der Waals surface area contributed by atoms with Gasteiger partial charge in [-0.3, -0.25) is 4.79 Å². The molecule has 108 valence electrons. The van der Waals surface area contributed by atoms with Crippen LogP contribution in [0.1, 0.15) is 37.0 Å². The molecule has 1 aromatic rings. The molecule has 0 aliphatic carbocycles. The molecule has 1 heterocycles. The Labute approximate surface area is 118 Å². The van der Waals surface area contributed by atoms with E-state index in [1.54, 1.807) is 17.0 Å². The van der Waals surface area contributed by atoms with E-state index in [9.17, 15) is 14.7 Å². The Morgan fingerprint density at radius 1 is 1.35 bits per heavy atom. The lowest BCUT2D eigenvalue weighted by Crippen LogP contribution is -2.41. The number of amides is 1. The molecule has 1 N–H and O–H groups in total. The van der Waals surface area contributed by atoms with Gasteiger partial charge in [0, 0.05) is 5.92 Å². The summed E-state index contributed by atoms with van der Waals surface area (Å²) in [5, 5.41) is 9.18. The molecule has 2 rings (SSSR count). The molecule has 1 aliphatic heterocycles. The van der Waals surface area contributed by atoms with Crippen molar-refractivity contribution in [2.45, 2.75) is 26.7 Å². The summed E-state index contributed by atoms with van der Waals surface area (Å²) in [6.45, 7) is 4.76. The number of hydrogen-bond acceptors (Lipinski definition) is 3. The van der Waals surface area contributed by atoms with Gasteiger partial charge in [0.05, 0.1) is 12.2 Å². The highest BCUT2D eigenvalue weighted by Crippen LogP contribution is 2.36. The summed E-state index contributed by atoms with van der Waals surface area (Å²) in [5.74, 6) is -0.735. The van der Waals surface area contributed by atoms with Crippen molar-refractivity contribution < 1.29 is 19.4 Å². The smallest absolute Gasteiger partial charge is 0.339 e. The third-order valence-corrected chi connectivity index (χ3v) is 3.68.